The van der Waals surface area contributed by atoms with Crippen molar-refractivity contribution in [2.45, 2.75) is 69.7 Å². The molecule has 186 valence electrons. The Kier molecular flexibility index (Phi) is 6.47. The van der Waals surface area contributed by atoms with Crippen LogP contribution in [0.15, 0.2) is 65.4 Å². The van der Waals surface area contributed by atoms with Crippen molar-refractivity contribution >= 4 is 16.5 Å². The number of aromatic nitrogens is 1. The van der Waals surface area contributed by atoms with Crippen LogP contribution in [-0.2, 0) is 0 Å². The van der Waals surface area contributed by atoms with Crippen molar-refractivity contribution in [1.82, 2.24) is 10.3 Å². The number of aliphatic hydroxyl groups excluding tert-OH is 2. The van der Waals surface area contributed by atoms with E-state index in [0.717, 1.165) is 34.9 Å². The fourth-order valence-corrected chi connectivity index (χ4v) is 6.94. The van der Waals surface area contributed by atoms with Gasteiger partial charge in [0, 0.05) is 17.0 Å². The van der Waals surface area contributed by atoms with E-state index in [4.69, 9.17) is 0 Å². The first-order valence-electron chi connectivity index (χ1n) is 13.0. The van der Waals surface area contributed by atoms with Crippen LogP contribution >= 0.6 is 0 Å². The Balaban J connectivity index is 0.000000806. The van der Waals surface area contributed by atoms with E-state index >= 15 is 0 Å². The van der Waals surface area contributed by atoms with Gasteiger partial charge in [0.25, 0.3) is 0 Å². The van der Waals surface area contributed by atoms with Crippen LogP contribution in [0.25, 0.3) is 16.5 Å². The van der Waals surface area contributed by atoms with Crippen LogP contribution in [-0.4, -0.2) is 52.2 Å². The summed E-state index contributed by atoms with van der Waals surface area (Å²) >= 11 is 0. The highest BCUT2D eigenvalue weighted by molar-refractivity contribution is 5.85. The molecule has 1 aromatic heterocycles. The fourth-order valence-electron chi connectivity index (χ4n) is 6.94. The summed E-state index contributed by atoms with van der Waals surface area (Å²) in [5.41, 5.74) is 5.79. The predicted molar refractivity (Wildman–Crippen MR) is 141 cm³/mol. The molecular formula is C30H38N2O3. The van der Waals surface area contributed by atoms with E-state index in [2.05, 4.69) is 53.6 Å². The van der Waals surface area contributed by atoms with Crippen LogP contribution in [0.3, 0.4) is 0 Å². The average molecular weight is 475 g/mol. The standard InChI is InChI=1S/C28H31NO3.C2H7N/c1-27-16-26(31)22-15-19-14-20(30)8-10-28(19,32)11-9-21(22)24(27)6-5-23(27)17-4-7-25-18(13-17)3-2-12-29-25;1-3-2/h2-5,7,12-13,15,20,24,26,30-32H,6,8-11,14,16H2,1H3;3H,1-2H3/t20?,24?,26?,27?,28-;/m0./s1. The van der Waals surface area contributed by atoms with Gasteiger partial charge in [-0.1, -0.05) is 36.8 Å². The third-order valence-corrected chi connectivity index (χ3v) is 8.71. The maximum absolute atomic E-state index is 11.4. The van der Waals surface area contributed by atoms with Crippen molar-refractivity contribution in [2.75, 3.05) is 14.1 Å². The monoisotopic (exact) mass is 474 g/mol. The van der Waals surface area contributed by atoms with Gasteiger partial charge >= 0.3 is 0 Å². The number of nitrogens with zero attached hydrogens (tertiary/aromatic N) is 1. The van der Waals surface area contributed by atoms with Crippen LogP contribution in [0.1, 0.15) is 57.4 Å². The lowest BCUT2D eigenvalue weighted by molar-refractivity contribution is 0.00863. The molecule has 4 unspecified atom stereocenters. The Bertz CT molecular complexity index is 1220. The van der Waals surface area contributed by atoms with Crippen LogP contribution in [0.5, 0.6) is 0 Å². The van der Waals surface area contributed by atoms with Gasteiger partial charge in [-0.15, -0.1) is 0 Å². The Morgan fingerprint density at radius 3 is 2.71 bits per heavy atom. The Labute approximate surface area is 208 Å². The highest BCUT2D eigenvalue weighted by Gasteiger charge is 2.50. The summed E-state index contributed by atoms with van der Waals surface area (Å²) in [4.78, 5) is 4.46. The number of fused-ring (bicyclic) bond motifs is 4. The van der Waals surface area contributed by atoms with Gasteiger partial charge in [0.05, 0.1) is 23.3 Å². The van der Waals surface area contributed by atoms with E-state index in [1.807, 2.05) is 26.4 Å². The lowest BCUT2D eigenvalue weighted by Crippen LogP contribution is -2.38. The third kappa shape index (κ3) is 4.19. The van der Waals surface area contributed by atoms with E-state index in [0.29, 0.717) is 38.0 Å². The molecule has 5 atom stereocenters. The number of hydrogen-bond donors (Lipinski definition) is 4. The number of aliphatic hydroxyl groups is 3. The van der Waals surface area contributed by atoms with Gasteiger partial charge in [-0.25, -0.2) is 0 Å². The van der Waals surface area contributed by atoms with Crippen LogP contribution in [0.2, 0.25) is 0 Å². The molecule has 4 aliphatic rings. The molecule has 0 amide bonds. The number of rotatable bonds is 1. The Hall–Kier alpha value is -2.31. The zero-order valence-electron chi connectivity index (χ0n) is 21.1. The molecule has 4 aliphatic carbocycles. The molecule has 1 fully saturated rings. The number of allylic oxidation sites excluding steroid dienone is 3. The van der Waals surface area contributed by atoms with E-state index in [9.17, 15) is 15.3 Å². The first-order chi connectivity index (χ1) is 16.8. The second kappa shape index (κ2) is 9.29. The smallest absolute Gasteiger partial charge is 0.0864 e. The summed E-state index contributed by atoms with van der Waals surface area (Å²) in [6.07, 6.45) is 10.2. The highest BCUT2D eigenvalue weighted by atomic mass is 16.3. The quantitative estimate of drug-likeness (QED) is 0.488. The average Bonchev–Trinajstić information content (AvgIpc) is 3.09. The zero-order valence-corrected chi connectivity index (χ0v) is 21.1. The predicted octanol–water partition coefficient (Wildman–Crippen LogP) is 4.54. The fraction of sp³-hybridized carbons (Fsp3) is 0.500. The van der Waals surface area contributed by atoms with Crippen molar-refractivity contribution in [2.24, 2.45) is 11.3 Å². The second-order valence-electron chi connectivity index (χ2n) is 11.0. The van der Waals surface area contributed by atoms with Crippen LogP contribution < -0.4 is 5.32 Å². The molecule has 4 N–H and O–H groups in total. The molecule has 2 aromatic rings. The van der Waals surface area contributed by atoms with E-state index in [-0.39, 0.29) is 5.41 Å². The summed E-state index contributed by atoms with van der Waals surface area (Å²) in [7, 11) is 3.75. The molecule has 0 spiro atoms. The van der Waals surface area contributed by atoms with Crippen LogP contribution in [0, 0.1) is 11.3 Å². The minimum absolute atomic E-state index is 0.135. The molecule has 0 aliphatic heterocycles. The molecule has 1 aromatic carbocycles. The van der Waals surface area contributed by atoms with Gasteiger partial charge in [-0.3, -0.25) is 4.98 Å². The summed E-state index contributed by atoms with van der Waals surface area (Å²) in [5, 5.41) is 36.8. The second-order valence-corrected chi connectivity index (χ2v) is 11.0. The molecular weight excluding hydrogens is 436 g/mol. The largest absolute Gasteiger partial charge is 0.393 e. The van der Waals surface area contributed by atoms with Gasteiger partial charge < -0.3 is 20.6 Å². The number of pyridine rings is 1. The van der Waals surface area contributed by atoms with Crippen molar-refractivity contribution in [3.8, 4) is 0 Å². The SMILES string of the molecule is CC12CC(O)C3=C(CC[C@@]4(O)CCC(O)CC4=C3)C1CC=C2c1ccc2ncccc2c1.CNC. The molecule has 0 radical (unpaired) electrons. The zero-order chi connectivity index (χ0) is 24.8. The Morgan fingerprint density at radius 1 is 1.11 bits per heavy atom. The molecule has 0 saturated heterocycles. The molecule has 1 heterocycles. The number of nitrogens with one attached hydrogen (secondary N) is 1. The number of benzene rings is 1. The molecule has 5 nitrogen and oxygen atoms in total. The van der Waals surface area contributed by atoms with Crippen molar-refractivity contribution < 1.29 is 15.3 Å². The van der Waals surface area contributed by atoms with E-state index < -0.39 is 17.8 Å². The molecule has 1 saturated carbocycles. The molecule has 5 heteroatoms. The Morgan fingerprint density at radius 2 is 1.91 bits per heavy atom. The minimum atomic E-state index is -0.840. The normalized spacial score (nSPS) is 34.1. The van der Waals surface area contributed by atoms with Crippen molar-refractivity contribution in [3.05, 3.63) is 71.0 Å². The van der Waals surface area contributed by atoms with Gasteiger partial charge in [0.15, 0.2) is 0 Å². The van der Waals surface area contributed by atoms with Crippen LogP contribution in [0.4, 0.5) is 0 Å². The minimum Gasteiger partial charge on any atom is -0.393 e. The van der Waals surface area contributed by atoms with Crippen molar-refractivity contribution in [3.63, 3.8) is 0 Å². The molecule has 0 bridgehead atoms. The summed E-state index contributed by atoms with van der Waals surface area (Å²) in [6, 6.07) is 10.6. The summed E-state index contributed by atoms with van der Waals surface area (Å²) < 4.78 is 0. The first kappa shape index (κ1) is 24.4. The lowest BCUT2D eigenvalue weighted by atomic mass is 9.61. The third-order valence-electron chi connectivity index (χ3n) is 8.71. The van der Waals surface area contributed by atoms with E-state index in [1.165, 1.54) is 16.7 Å². The lowest BCUT2D eigenvalue weighted by Gasteiger charge is -2.43. The molecule has 6 rings (SSSR count). The van der Waals surface area contributed by atoms with Crippen molar-refractivity contribution in [1.29, 1.82) is 0 Å². The summed E-state index contributed by atoms with van der Waals surface area (Å²) in [5.74, 6) is 0.339. The van der Waals surface area contributed by atoms with Gasteiger partial charge in [-0.2, -0.15) is 0 Å². The topological polar surface area (TPSA) is 85.6 Å². The number of hydrogen-bond acceptors (Lipinski definition) is 5. The van der Waals surface area contributed by atoms with Gasteiger partial charge in [0.1, 0.15) is 0 Å². The maximum Gasteiger partial charge on any atom is 0.0864 e. The highest BCUT2D eigenvalue weighted by Crippen LogP contribution is 2.60. The van der Waals surface area contributed by atoms with E-state index in [1.54, 1.807) is 0 Å². The first-order valence-corrected chi connectivity index (χ1v) is 13.0. The summed E-state index contributed by atoms with van der Waals surface area (Å²) in [6.45, 7) is 2.31. The van der Waals surface area contributed by atoms with Gasteiger partial charge in [-0.05, 0) is 105 Å². The molecule has 35 heavy (non-hydrogen) atoms. The van der Waals surface area contributed by atoms with Gasteiger partial charge in [0.2, 0.25) is 0 Å². The maximum atomic E-state index is 11.4.